The van der Waals surface area contributed by atoms with Crippen LogP contribution in [0.4, 0.5) is 0 Å². The minimum Gasteiger partial charge on any atom is -0.339 e. The van der Waals surface area contributed by atoms with Crippen LogP contribution in [0.3, 0.4) is 0 Å². The molecule has 0 aromatic heterocycles. The van der Waals surface area contributed by atoms with Crippen molar-refractivity contribution in [1.82, 2.24) is 15.1 Å². The maximum absolute atomic E-state index is 12.9. The highest BCUT2D eigenvalue weighted by atomic mass is 16.2. The molecular formula is C16H31N3O. The van der Waals surface area contributed by atoms with E-state index in [4.69, 9.17) is 0 Å². The largest absolute Gasteiger partial charge is 0.339 e. The Balaban J connectivity index is 1.99. The zero-order valence-electron chi connectivity index (χ0n) is 13.5. The first-order valence-corrected chi connectivity index (χ1v) is 8.45. The first kappa shape index (κ1) is 15.8. The quantitative estimate of drug-likeness (QED) is 0.807. The molecule has 2 aliphatic heterocycles. The number of carbonyl (C=O) groups excluding carboxylic acids is 1. The van der Waals surface area contributed by atoms with Crippen molar-refractivity contribution in [1.29, 1.82) is 0 Å². The second kappa shape index (κ2) is 6.90. The number of likely N-dealkylation sites (N-methyl/N-ethyl adjacent to an activating group) is 1. The number of nitrogens with one attached hydrogen (secondary N) is 1. The van der Waals surface area contributed by atoms with E-state index in [-0.39, 0.29) is 5.54 Å². The van der Waals surface area contributed by atoms with Gasteiger partial charge in [0.25, 0.3) is 0 Å². The Hall–Kier alpha value is -0.610. The van der Waals surface area contributed by atoms with Crippen molar-refractivity contribution in [3.8, 4) is 0 Å². The summed E-state index contributed by atoms with van der Waals surface area (Å²) in [6.07, 6.45) is 5.35. The van der Waals surface area contributed by atoms with Gasteiger partial charge in [-0.2, -0.15) is 0 Å². The van der Waals surface area contributed by atoms with Crippen molar-refractivity contribution >= 4 is 5.91 Å². The molecule has 0 aromatic carbocycles. The van der Waals surface area contributed by atoms with Gasteiger partial charge in [-0.25, -0.2) is 0 Å². The predicted octanol–water partition coefficient (Wildman–Crippen LogP) is 1.85. The van der Waals surface area contributed by atoms with Gasteiger partial charge in [-0.1, -0.05) is 27.2 Å². The molecule has 2 rings (SSSR count). The third kappa shape index (κ3) is 3.01. The molecule has 4 nitrogen and oxygen atoms in total. The molecule has 0 saturated carbocycles. The lowest BCUT2D eigenvalue weighted by atomic mass is 9.90. The first-order valence-electron chi connectivity index (χ1n) is 8.45. The van der Waals surface area contributed by atoms with E-state index in [0.29, 0.717) is 11.9 Å². The van der Waals surface area contributed by atoms with Gasteiger partial charge in [0.15, 0.2) is 0 Å². The Morgan fingerprint density at radius 3 is 2.65 bits per heavy atom. The number of amides is 1. The Bertz CT molecular complexity index is 322. The highest BCUT2D eigenvalue weighted by Gasteiger charge is 2.44. The van der Waals surface area contributed by atoms with Crippen molar-refractivity contribution in [3.63, 3.8) is 0 Å². The van der Waals surface area contributed by atoms with E-state index in [1.54, 1.807) is 0 Å². The van der Waals surface area contributed by atoms with Gasteiger partial charge in [-0.15, -0.1) is 0 Å². The van der Waals surface area contributed by atoms with Crippen LogP contribution in [0.1, 0.15) is 52.9 Å². The third-order valence-corrected chi connectivity index (χ3v) is 5.11. The Morgan fingerprint density at radius 1 is 1.35 bits per heavy atom. The maximum atomic E-state index is 12.9. The smallest absolute Gasteiger partial charge is 0.242 e. The topological polar surface area (TPSA) is 35.6 Å². The predicted molar refractivity (Wildman–Crippen MR) is 82.8 cm³/mol. The van der Waals surface area contributed by atoms with Crippen LogP contribution in [0.25, 0.3) is 0 Å². The maximum Gasteiger partial charge on any atom is 0.242 e. The van der Waals surface area contributed by atoms with Gasteiger partial charge in [0, 0.05) is 19.1 Å². The SMILES string of the molecule is CCCC1(C(=O)N2CCC(N(CC)CC)C2)CCCN1. The molecule has 0 aromatic rings. The lowest BCUT2D eigenvalue weighted by Crippen LogP contribution is -2.54. The van der Waals surface area contributed by atoms with E-state index < -0.39 is 0 Å². The summed E-state index contributed by atoms with van der Waals surface area (Å²) in [6.45, 7) is 11.6. The molecule has 0 bridgehead atoms. The number of nitrogens with zero attached hydrogens (tertiary/aromatic N) is 2. The molecule has 0 aliphatic carbocycles. The Morgan fingerprint density at radius 2 is 2.10 bits per heavy atom. The van der Waals surface area contributed by atoms with Crippen LogP contribution in [-0.2, 0) is 4.79 Å². The first-order chi connectivity index (χ1) is 9.66. The van der Waals surface area contributed by atoms with Crippen LogP contribution >= 0.6 is 0 Å². The molecule has 20 heavy (non-hydrogen) atoms. The molecule has 2 atom stereocenters. The number of hydrogen-bond donors (Lipinski definition) is 1. The molecular weight excluding hydrogens is 250 g/mol. The fraction of sp³-hybridized carbons (Fsp3) is 0.938. The second-order valence-corrected chi connectivity index (χ2v) is 6.28. The third-order valence-electron chi connectivity index (χ3n) is 5.11. The van der Waals surface area contributed by atoms with E-state index >= 15 is 0 Å². The Labute approximate surface area is 123 Å². The van der Waals surface area contributed by atoms with Crippen LogP contribution in [0.2, 0.25) is 0 Å². The summed E-state index contributed by atoms with van der Waals surface area (Å²) in [4.78, 5) is 17.6. The zero-order valence-corrected chi connectivity index (χ0v) is 13.5. The summed E-state index contributed by atoms with van der Waals surface area (Å²) >= 11 is 0. The standard InChI is InChI=1S/C16H31N3O/c1-4-9-16(10-7-11-17-16)15(20)19-12-8-14(13-19)18(5-2)6-3/h14,17H,4-13H2,1-3H3. The molecule has 2 unspecified atom stereocenters. The number of hydrogen-bond acceptors (Lipinski definition) is 3. The molecule has 2 saturated heterocycles. The number of carbonyl (C=O) groups is 1. The summed E-state index contributed by atoms with van der Waals surface area (Å²) in [5.41, 5.74) is -0.243. The average Bonchev–Trinajstić information content (AvgIpc) is 3.10. The van der Waals surface area contributed by atoms with E-state index in [1.807, 2.05) is 0 Å². The minimum absolute atomic E-state index is 0.243. The van der Waals surface area contributed by atoms with Crippen LogP contribution in [0.15, 0.2) is 0 Å². The number of likely N-dealkylation sites (tertiary alicyclic amines) is 1. The Kier molecular flexibility index (Phi) is 5.44. The molecule has 1 amide bonds. The van der Waals surface area contributed by atoms with Crippen molar-refractivity contribution < 1.29 is 4.79 Å². The summed E-state index contributed by atoms with van der Waals surface area (Å²) in [5.74, 6) is 0.367. The van der Waals surface area contributed by atoms with Crippen molar-refractivity contribution in [2.24, 2.45) is 0 Å². The van der Waals surface area contributed by atoms with Crippen LogP contribution in [0.5, 0.6) is 0 Å². The number of rotatable bonds is 6. The van der Waals surface area contributed by atoms with Crippen molar-refractivity contribution in [2.45, 2.75) is 64.5 Å². The minimum atomic E-state index is -0.243. The van der Waals surface area contributed by atoms with Gasteiger partial charge in [-0.05, 0) is 45.3 Å². The summed E-state index contributed by atoms with van der Waals surface area (Å²) < 4.78 is 0. The molecule has 2 aliphatic rings. The normalized spacial score (nSPS) is 30.4. The average molecular weight is 281 g/mol. The lowest BCUT2D eigenvalue weighted by Gasteiger charge is -2.33. The van der Waals surface area contributed by atoms with Crippen LogP contribution in [-0.4, -0.2) is 60.0 Å². The van der Waals surface area contributed by atoms with Gasteiger partial charge in [0.05, 0.1) is 5.54 Å². The fourth-order valence-corrected chi connectivity index (χ4v) is 4.00. The van der Waals surface area contributed by atoms with Crippen molar-refractivity contribution in [2.75, 3.05) is 32.7 Å². The molecule has 116 valence electrons. The molecule has 0 radical (unpaired) electrons. The molecule has 4 heteroatoms. The van der Waals surface area contributed by atoms with Gasteiger partial charge in [0.2, 0.25) is 5.91 Å². The van der Waals surface area contributed by atoms with Crippen LogP contribution < -0.4 is 5.32 Å². The van der Waals surface area contributed by atoms with Crippen molar-refractivity contribution in [3.05, 3.63) is 0 Å². The van der Waals surface area contributed by atoms with E-state index in [9.17, 15) is 4.79 Å². The van der Waals surface area contributed by atoms with E-state index in [2.05, 4.69) is 35.9 Å². The zero-order chi connectivity index (χ0) is 14.6. The fourth-order valence-electron chi connectivity index (χ4n) is 4.00. The van der Waals surface area contributed by atoms with Gasteiger partial charge in [-0.3, -0.25) is 9.69 Å². The lowest BCUT2D eigenvalue weighted by molar-refractivity contribution is -0.137. The highest BCUT2D eigenvalue weighted by Crippen LogP contribution is 2.29. The van der Waals surface area contributed by atoms with E-state index in [1.165, 1.54) is 0 Å². The highest BCUT2D eigenvalue weighted by molar-refractivity contribution is 5.87. The summed E-state index contributed by atoms with van der Waals surface area (Å²) in [7, 11) is 0. The second-order valence-electron chi connectivity index (χ2n) is 6.28. The van der Waals surface area contributed by atoms with Gasteiger partial charge < -0.3 is 10.2 Å². The van der Waals surface area contributed by atoms with Crippen LogP contribution in [0, 0.1) is 0 Å². The summed E-state index contributed by atoms with van der Waals surface area (Å²) in [6, 6.07) is 0.564. The molecule has 0 spiro atoms. The van der Waals surface area contributed by atoms with E-state index in [0.717, 1.165) is 64.8 Å². The monoisotopic (exact) mass is 281 g/mol. The van der Waals surface area contributed by atoms with Gasteiger partial charge >= 0.3 is 0 Å². The van der Waals surface area contributed by atoms with Gasteiger partial charge in [0.1, 0.15) is 0 Å². The molecule has 1 N–H and O–H groups in total. The molecule has 2 heterocycles. The summed E-state index contributed by atoms with van der Waals surface area (Å²) in [5, 5.41) is 3.51. The molecule has 2 fully saturated rings.